The quantitative estimate of drug-likeness (QED) is 0.361. The van der Waals surface area contributed by atoms with Crippen molar-refractivity contribution in [1.29, 1.82) is 0 Å². The second-order valence-corrected chi connectivity index (χ2v) is 6.25. The highest BCUT2D eigenvalue weighted by Gasteiger charge is 2.27. The third-order valence-electron chi connectivity index (χ3n) is 4.43. The third kappa shape index (κ3) is 6.11. The fraction of sp³-hybridized carbons (Fsp3) is 0.706. The van der Waals surface area contributed by atoms with E-state index < -0.39 is 0 Å². The zero-order valence-electron chi connectivity index (χ0n) is 16.3. The van der Waals surface area contributed by atoms with Crippen LogP contribution in [-0.2, 0) is 11.8 Å². The summed E-state index contributed by atoms with van der Waals surface area (Å²) in [7, 11) is 3.62. The molecule has 0 aromatic carbocycles. The number of anilines is 1. The van der Waals surface area contributed by atoms with Gasteiger partial charge < -0.3 is 20.0 Å². The molecule has 0 radical (unpaired) electrons. The molecular weight excluding hydrogens is 445 g/mol. The van der Waals surface area contributed by atoms with E-state index in [9.17, 15) is 4.79 Å². The summed E-state index contributed by atoms with van der Waals surface area (Å²) < 4.78 is 1.71. The van der Waals surface area contributed by atoms with E-state index in [-0.39, 0.29) is 29.9 Å². The molecule has 8 nitrogen and oxygen atoms in total. The standard InChI is InChI=1S/C17H31N7O.HI/c1-5-8-22(6-2)9-7-19-17(18-3)23-10-11-24(16(25)14-23)15-12-20-21(4)13-15;/h12-13H,5-11,14H2,1-4H3,(H,18,19);1H. The first-order valence-electron chi connectivity index (χ1n) is 9.06. The molecule has 0 saturated carbocycles. The Balaban J connectivity index is 0.00000338. The summed E-state index contributed by atoms with van der Waals surface area (Å²) in [4.78, 5) is 23.1. The molecule has 1 fully saturated rings. The number of guanidine groups is 1. The monoisotopic (exact) mass is 477 g/mol. The second kappa shape index (κ2) is 11.4. The van der Waals surface area contributed by atoms with Crippen LogP contribution in [-0.4, -0.2) is 84.3 Å². The Labute approximate surface area is 173 Å². The van der Waals surface area contributed by atoms with Gasteiger partial charge in [0.2, 0.25) is 5.91 Å². The molecule has 2 rings (SSSR count). The number of hydrogen-bond donors (Lipinski definition) is 1. The summed E-state index contributed by atoms with van der Waals surface area (Å²) >= 11 is 0. The van der Waals surface area contributed by atoms with Crippen molar-refractivity contribution in [3.63, 3.8) is 0 Å². The van der Waals surface area contributed by atoms with Crippen molar-refractivity contribution in [2.24, 2.45) is 12.0 Å². The number of piperazine rings is 1. The molecule has 1 aliphatic heterocycles. The average molecular weight is 477 g/mol. The van der Waals surface area contributed by atoms with Gasteiger partial charge in [-0.25, -0.2) is 0 Å². The maximum Gasteiger partial charge on any atom is 0.246 e. The fourth-order valence-corrected chi connectivity index (χ4v) is 3.08. The van der Waals surface area contributed by atoms with E-state index >= 15 is 0 Å². The molecule has 9 heteroatoms. The van der Waals surface area contributed by atoms with Crippen LogP contribution in [0.5, 0.6) is 0 Å². The molecular formula is C17H32IN7O. The molecule has 1 N–H and O–H groups in total. The topological polar surface area (TPSA) is 69.0 Å². The Morgan fingerprint density at radius 2 is 2.12 bits per heavy atom. The maximum absolute atomic E-state index is 12.5. The molecule has 1 aromatic rings. The number of carbonyl (C=O) groups excluding carboxylic acids is 1. The molecule has 0 unspecified atom stereocenters. The lowest BCUT2D eigenvalue weighted by Crippen LogP contribution is -2.56. The minimum Gasteiger partial charge on any atom is -0.355 e. The lowest BCUT2D eigenvalue weighted by atomic mass is 10.3. The van der Waals surface area contributed by atoms with E-state index in [2.05, 4.69) is 34.2 Å². The molecule has 26 heavy (non-hydrogen) atoms. The Morgan fingerprint density at radius 1 is 1.35 bits per heavy atom. The number of hydrogen-bond acceptors (Lipinski definition) is 4. The number of nitrogens with zero attached hydrogens (tertiary/aromatic N) is 6. The van der Waals surface area contributed by atoms with Gasteiger partial charge in [-0.1, -0.05) is 13.8 Å². The predicted octanol–water partition coefficient (Wildman–Crippen LogP) is 0.994. The summed E-state index contributed by atoms with van der Waals surface area (Å²) in [6.45, 7) is 10.1. The molecule has 0 atom stereocenters. The van der Waals surface area contributed by atoms with Crippen LogP contribution in [0.2, 0.25) is 0 Å². The minimum absolute atomic E-state index is 0. The van der Waals surface area contributed by atoms with Crippen LogP contribution in [0.15, 0.2) is 17.4 Å². The van der Waals surface area contributed by atoms with Crippen LogP contribution >= 0.6 is 24.0 Å². The number of aromatic nitrogens is 2. The second-order valence-electron chi connectivity index (χ2n) is 6.25. The number of halogens is 1. The van der Waals surface area contributed by atoms with Crippen molar-refractivity contribution in [2.45, 2.75) is 20.3 Å². The van der Waals surface area contributed by atoms with Gasteiger partial charge in [-0.3, -0.25) is 14.5 Å². The Hall–Kier alpha value is -1.36. The van der Waals surface area contributed by atoms with E-state index in [1.54, 1.807) is 22.8 Å². The first-order valence-corrected chi connectivity index (χ1v) is 9.06. The molecule has 1 amide bonds. The summed E-state index contributed by atoms with van der Waals surface area (Å²) in [5.74, 6) is 0.870. The van der Waals surface area contributed by atoms with Gasteiger partial charge in [0.1, 0.15) is 6.54 Å². The SMILES string of the molecule is CCCN(CC)CCNC(=NC)N1CCN(c2cnn(C)c2)C(=O)C1.I. The van der Waals surface area contributed by atoms with Crippen LogP contribution in [0.4, 0.5) is 5.69 Å². The predicted molar refractivity (Wildman–Crippen MR) is 116 cm³/mol. The highest BCUT2D eigenvalue weighted by atomic mass is 127. The van der Waals surface area contributed by atoms with E-state index in [4.69, 9.17) is 0 Å². The van der Waals surface area contributed by atoms with Crippen LogP contribution in [0.25, 0.3) is 0 Å². The van der Waals surface area contributed by atoms with Gasteiger partial charge in [-0.2, -0.15) is 5.10 Å². The number of nitrogens with one attached hydrogen (secondary N) is 1. The highest BCUT2D eigenvalue weighted by Crippen LogP contribution is 2.15. The Kier molecular flexibility index (Phi) is 9.92. The third-order valence-corrected chi connectivity index (χ3v) is 4.43. The summed E-state index contributed by atoms with van der Waals surface area (Å²) in [6, 6.07) is 0. The molecule has 0 spiro atoms. The van der Waals surface area contributed by atoms with Gasteiger partial charge in [-0.05, 0) is 19.5 Å². The van der Waals surface area contributed by atoms with Gasteiger partial charge in [-0.15, -0.1) is 24.0 Å². The van der Waals surface area contributed by atoms with E-state index in [0.717, 1.165) is 50.8 Å². The van der Waals surface area contributed by atoms with Crippen molar-refractivity contribution in [1.82, 2.24) is 24.9 Å². The first kappa shape index (κ1) is 22.7. The van der Waals surface area contributed by atoms with Gasteiger partial charge in [0.05, 0.1) is 11.9 Å². The van der Waals surface area contributed by atoms with E-state index in [1.165, 1.54) is 0 Å². The highest BCUT2D eigenvalue weighted by molar-refractivity contribution is 14.0. The molecule has 1 aromatic heterocycles. The number of carbonyl (C=O) groups is 1. The number of rotatable bonds is 7. The van der Waals surface area contributed by atoms with Gasteiger partial charge >= 0.3 is 0 Å². The summed E-state index contributed by atoms with van der Waals surface area (Å²) in [5, 5.41) is 7.53. The molecule has 0 aliphatic carbocycles. The van der Waals surface area contributed by atoms with Crippen LogP contribution in [0, 0.1) is 0 Å². The van der Waals surface area contributed by atoms with Crippen molar-refractivity contribution in [3.05, 3.63) is 12.4 Å². The van der Waals surface area contributed by atoms with Crippen molar-refractivity contribution >= 4 is 41.5 Å². The van der Waals surface area contributed by atoms with Crippen molar-refractivity contribution in [3.8, 4) is 0 Å². The molecule has 148 valence electrons. The van der Waals surface area contributed by atoms with Crippen molar-refractivity contribution in [2.75, 3.05) is 57.8 Å². The van der Waals surface area contributed by atoms with Crippen LogP contribution < -0.4 is 10.2 Å². The largest absolute Gasteiger partial charge is 0.355 e. The number of aryl methyl sites for hydroxylation is 1. The normalized spacial score (nSPS) is 15.4. The minimum atomic E-state index is 0. The number of aliphatic imine (C=N–C) groups is 1. The van der Waals surface area contributed by atoms with E-state index in [1.807, 2.05) is 18.1 Å². The first-order chi connectivity index (χ1) is 12.1. The van der Waals surface area contributed by atoms with E-state index in [0.29, 0.717) is 13.1 Å². The Morgan fingerprint density at radius 3 is 2.65 bits per heavy atom. The molecule has 1 saturated heterocycles. The average Bonchev–Trinajstić information content (AvgIpc) is 3.03. The number of likely N-dealkylation sites (N-methyl/N-ethyl adjacent to an activating group) is 1. The molecule has 0 bridgehead atoms. The van der Waals surface area contributed by atoms with Crippen LogP contribution in [0.3, 0.4) is 0 Å². The molecule has 2 heterocycles. The maximum atomic E-state index is 12.5. The summed E-state index contributed by atoms with van der Waals surface area (Å²) in [5.41, 5.74) is 0.855. The fourth-order valence-electron chi connectivity index (χ4n) is 3.08. The lowest BCUT2D eigenvalue weighted by Gasteiger charge is -2.35. The zero-order valence-corrected chi connectivity index (χ0v) is 18.6. The van der Waals surface area contributed by atoms with Gasteiger partial charge in [0.25, 0.3) is 0 Å². The van der Waals surface area contributed by atoms with Crippen molar-refractivity contribution < 1.29 is 4.79 Å². The lowest BCUT2D eigenvalue weighted by molar-refractivity contribution is -0.120. The van der Waals surface area contributed by atoms with Gasteiger partial charge in [0.15, 0.2) is 5.96 Å². The smallest absolute Gasteiger partial charge is 0.246 e. The Bertz CT molecular complexity index is 589. The zero-order chi connectivity index (χ0) is 18.2. The van der Waals surface area contributed by atoms with Gasteiger partial charge in [0, 0.05) is 46.5 Å². The number of amides is 1. The van der Waals surface area contributed by atoms with Crippen LogP contribution in [0.1, 0.15) is 20.3 Å². The summed E-state index contributed by atoms with van der Waals surface area (Å²) in [6.07, 6.45) is 4.76. The molecule has 1 aliphatic rings.